The molecule has 126 valence electrons. The monoisotopic (exact) mass is 315 g/mol. The molecule has 0 aliphatic carbocycles. The van der Waals surface area contributed by atoms with Crippen molar-refractivity contribution in [3.8, 4) is 0 Å². The van der Waals surface area contributed by atoms with Crippen LogP contribution in [0.3, 0.4) is 0 Å². The van der Waals surface area contributed by atoms with Crippen molar-refractivity contribution in [1.82, 2.24) is 14.9 Å². The number of aryl methyl sites for hydroxylation is 2. The summed E-state index contributed by atoms with van der Waals surface area (Å²) in [4.78, 5) is 15.7. The van der Waals surface area contributed by atoms with Crippen LogP contribution in [-0.4, -0.2) is 22.0 Å². The maximum atomic E-state index is 10.8. The fraction of sp³-hybridized carbons (Fsp3) is 0.579. The molecule has 4 heteroatoms. The first-order chi connectivity index (χ1) is 11.2. The highest BCUT2D eigenvalue weighted by Gasteiger charge is 2.09. The molecule has 1 amide bonds. The highest BCUT2D eigenvalue weighted by atomic mass is 16.1. The van der Waals surface area contributed by atoms with Crippen molar-refractivity contribution in [1.29, 1.82) is 0 Å². The van der Waals surface area contributed by atoms with Crippen molar-refractivity contribution >= 4 is 16.9 Å². The Morgan fingerprint density at radius 1 is 1.13 bits per heavy atom. The highest BCUT2D eigenvalue weighted by Crippen LogP contribution is 2.19. The predicted octanol–water partition coefficient (Wildman–Crippen LogP) is 4.08. The van der Waals surface area contributed by atoms with E-state index in [1.807, 2.05) is 0 Å². The summed E-state index contributed by atoms with van der Waals surface area (Å²) in [5, 5.41) is 2.85. The molecule has 0 saturated carbocycles. The number of nitrogens with one attached hydrogen (secondary N) is 1. The van der Waals surface area contributed by atoms with E-state index in [0.717, 1.165) is 44.3 Å². The van der Waals surface area contributed by atoms with Crippen molar-refractivity contribution in [3.05, 3.63) is 30.1 Å². The molecule has 0 unspecified atom stereocenters. The maximum Gasteiger partial charge on any atom is 0.216 e. The summed E-state index contributed by atoms with van der Waals surface area (Å²) in [6.07, 6.45) is 8.02. The quantitative estimate of drug-likeness (QED) is 0.672. The summed E-state index contributed by atoms with van der Waals surface area (Å²) in [5.41, 5.74) is 2.37. The van der Waals surface area contributed by atoms with Crippen LogP contribution in [0.15, 0.2) is 24.3 Å². The Balaban J connectivity index is 1.92. The fourth-order valence-corrected chi connectivity index (χ4v) is 2.93. The summed E-state index contributed by atoms with van der Waals surface area (Å²) in [5.74, 6) is 1.27. The summed E-state index contributed by atoms with van der Waals surface area (Å²) in [6, 6.07) is 8.43. The Kier molecular flexibility index (Phi) is 7.11. The Bertz CT molecular complexity index is 618. The van der Waals surface area contributed by atoms with Crippen molar-refractivity contribution in [2.75, 3.05) is 6.54 Å². The lowest BCUT2D eigenvalue weighted by Crippen LogP contribution is -2.20. The molecule has 4 nitrogen and oxygen atoms in total. The van der Waals surface area contributed by atoms with Gasteiger partial charge >= 0.3 is 0 Å². The molecule has 1 N–H and O–H groups in total. The molecule has 0 saturated heterocycles. The zero-order chi connectivity index (χ0) is 16.5. The van der Waals surface area contributed by atoms with Crippen LogP contribution in [0.1, 0.15) is 58.2 Å². The average Bonchev–Trinajstić information content (AvgIpc) is 2.89. The zero-order valence-electron chi connectivity index (χ0n) is 14.5. The first-order valence-corrected chi connectivity index (χ1v) is 8.91. The van der Waals surface area contributed by atoms with Crippen molar-refractivity contribution in [2.24, 2.45) is 0 Å². The van der Waals surface area contributed by atoms with Crippen LogP contribution >= 0.6 is 0 Å². The summed E-state index contributed by atoms with van der Waals surface area (Å²) in [6.45, 7) is 5.65. The molecule has 0 spiro atoms. The van der Waals surface area contributed by atoms with Gasteiger partial charge in [0, 0.05) is 26.4 Å². The third kappa shape index (κ3) is 5.38. The molecule has 0 atom stereocenters. The van der Waals surface area contributed by atoms with Gasteiger partial charge in [0.05, 0.1) is 11.0 Å². The Hall–Kier alpha value is -1.84. The van der Waals surface area contributed by atoms with E-state index in [1.165, 1.54) is 30.6 Å². The average molecular weight is 315 g/mol. The van der Waals surface area contributed by atoms with E-state index in [4.69, 9.17) is 4.98 Å². The van der Waals surface area contributed by atoms with E-state index in [1.54, 1.807) is 6.92 Å². The van der Waals surface area contributed by atoms with Gasteiger partial charge in [0.25, 0.3) is 0 Å². The lowest BCUT2D eigenvalue weighted by molar-refractivity contribution is -0.118. The van der Waals surface area contributed by atoms with Crippen LogP contribution in [0, 0.1) is 0 Å². The van der Waals surface area contributed by atoms with E-state index in [-0.39, 0.29) is 5.91 Å². The van der Waals surface area contributed by atoms with Crippen molar-refractivity contribution < 1.29 is 4.79 Å². The molecular weight excluding hydrogens is 286 g/mol. The summed E-state index contributed by atoms with van der Waals surface area (Å²) < 4.78 is 2.40. The minimum Gasteiger partial charge on any atom is -0.356 e. The van der Waals surface area contributed by atoms with Gasteiger partial charge in [0.15, 0.2) is 0 Å². The van der Waals surface area contributed by atoms with Crippen LogP contribution in [0.2, 0.25) is 0 Å². The molecular formula is C19H29N3O. The Morgan fingerprint density at radius 3 is 2.74 bits per heavy atom. The van der Waals surface area contributed by atoms with Crippen molar-refractivity contribution in [3.63, 3.8) is 0 Å². The van der Waals surface area contributed by atoms with Gasteiger partial charge in [-0.3, -0.25) is 4.79 Å². The number of fused-ring (bicyclic) bond motifs is 1. The van der Waals surface area contributed by atoms with Gasteiger partial charge in [-0.1, -0.05) is 38.3 Å². The molecule has 1 aromatic heterocycles. The van der Waals surface area contributed by atoms with Crippen molar-refractivity contribution in [2.45, 2.75) is 65.3 Å². The second kappa shape index (κ2) is 9.33. The molecule has 23 heavy (non-hydrogen) atoms. The van der Waals surface area contributed by atoms with Gasteiger partial charge in [0.2, 0.25) is 5.91 Å². The number of para-hydroxylation sites is 2. The number of imidazole rings is 1. The van der Waals surface area contributed by atoms with Crippen LogP contribution in [-0.2, 0) is 17.8 Å². The number of amides is 1. The number of carbonyl (C=O) groups is 1. The molecule has 2 aromatic rings. The van der Waals surface area contributed by atoms with E-state index < -0.39 is 0 Å². The number of unbranched alkanes of at least 4 members (excludes halogenated alkanes) is 4. The normalized spacial score (nSPS) is 11.0. The van der Waals surface area contributed by atoms with Gasteiger partial charge in [-0.05, 0) is 31.4 Å². The van der Waals surface area contributed by atoms with E-state index >= 15 is 0 Å². The number of hydrogen-bond donors (Lipinski definition) is 1. The summed E-state index contributed by atoms with van der Waals surface area (Å²) in [7, 11) is 0. The second-order valence-corrected chi connectivity index (χ2v) is 6.17. The molecule has 1 aromatic carbocycles. The summed E-state index contributed by atoms with van der Waals surface area (Å²) >= 11 is 0. The first-order valence-electron chi connectivity index (χ1n) is 8.91. The Morgan fingerprint density at radius 2 is 1.96 bits per heavy atom. The number of rotatable bonds is 10. The molecule has 0 aliphatic heterocycles. The van der Waals surface area contributed by atoms with Crippen LogP contribution < -0.4 is 5.32 Å². The molecule has 1 heterocycles. The van der Waals surface area contributed by atoms with Gasteiger partial charge in [-0.2, -0.15) is 0 Å². The zero-order valence-corrected chi connectivity index (χ0v) is 14.5. The third-order valence-electron chi connectivity index (χ3n) is 4.17. The number of aromatic nitrogens is 2. The SMILES string of the molecule is CCCCCn1c(CCCCCNC(C)=O)nc2ccccc21. The molecule has 0 bridgehead atoms. The molecule has 0 aliphatic rings. The highest BCUT2D eigenvalue weighted by molar-refractivity contribution is 5.75. The molecule has 0 radical (unpaired) electrons. The third-order valence-corrected chi connectivity index (χ3v) is 4.17. The van der Waals surface area contributed by atoms with E-state index in [9.17, 15) is 4.79 Å². The van der Waals surface area contributed by atoms with Gasteiger partial charge in [-0.15, -0.1) is 0 Å². The lowest BCUT2D eigenvalue weighted by Gasteiger charge is -2.09. The number of benzene rings is 1. The van der Waals surface area contributed by atoms with E-state index in [0.29, 0.717) is 0 Å². The minimum atomic E-state index is 0.0581. The standard InChI is InChI=1S/C19H29N3O/c1-3-4-10-15-22-18-12-8-7-11-17(18)21-19(22)13-6-5-9-14-20-16(2)23/h7-8,11-12H,3-6,9-10,13-15H2,1-2H3,(H,20,23). The lowest BCUT2D eigenvalue weighted by atomic mass is 10.2. The molecule has 2 rings (SSSR count). The number of nitrogens with zero attached hydrogens (tertiary/aromatic N) is 2. The topological polar surface area (TPSA) is 46.9 Å². The number of carbonyl (C=O) groups excluding carboxylic acids is 1. The maximum absolute atomic E-state index is 10.8. The first kappa shape index (κ1) is 17.5. The van der Waals surface area contributed by atoms with E-state index in [2.05, 4.69) is 41.1 Å². The smallest absolute Gasteiger partial charge is 0.216 e. The van der Waals surface area contributed by atoms with Crippen LogP contribution in [0.5, 0.6) is 0 Å². The van der Waals surface area contributed by atoms with Gasteiger partial charge in [-0.25, -0.2) is 4.98 Å². The van der Waals surface area contributed by atoms with Crippen LogP contribution in [0.25, 0.3) is 11.0 Å². The Labute approximate surface area is 139 Å². The largest absolute Gasteiger partial charge is 0.356 e. The second-order valence-electron chi connectivity index (χ2n) is 6.17. The van der Waals surface area contributed by atoms with Gasteiger partial charge < -0.3 is 9.88 Å². The number of hydrogen-bond acceptors (Lipinski definition) is 2. The van der Waals surface area contributed by atoms with Gasteiger partial charge in [0.1, 0.15) is 5.82 Å². The predicted molar refractivity (Wildman–Crippen MR) is 95.5 cm³/mol. The molecule has 0 fully saturated rings. The fourth-order valence-electron chi connectivity index (χ4n) is 2.93. The van der Waals surface area contributed by atoms with Crippen LogP contribution in [0.4, 0.5) is 0 Å². The minimum absolute atomic E-state index is 0.0581.